The summed E-state index contributed by atoms with van der Waals surface area (Å²) in [6, 6.07) is 15.7. The minimum Gasteiger partial charge on any atom is -0.368 e. The van der Waals surface area contributed by atoms with Gasteiger partial charge in [0.05, 0.1) is 28.3 Å². The molecule has 0 atom stereocenters. The molecular formula is C24H23ClN4O2S2. The van der Waals surface area contributed by atoms with E-state index >= 15 is 0 Å². The van der Waals surface area contributed by atoms with Crippen LogP contribution in [0.4, 0.5) is 5.69 Å². The third kappa shape index (κ3) is 5.80. The third-order valence-electron chi connectivity index (χ3n) is 5.32. The molecule has 1 aliphatic heterocycles. The Balaban J connectivity index is 1.31. The van der Waals surface area contributed by atoms with Crippen LogP contribution in [0.5, 0.6) is 0 Å². The van der Waals surface area contributed by atoms with E-state index < -0.39 is 0 Å². The lowest BCUT2D eigenvalue weighted by Crippen LogP contribution is -2.49. The maximum atomic E-state index is 12.6. The van der Waals surface area contributed by atoms with Crippen molar-refractivity contribution in [1.82, 2.24) is 9.47 Å². The van der Waals surface area contributed by atoms with Crippen molar-refractivity contribution in [1.29, 1.82) is 0 Å². The summed E-state index contributed by atoms with van der Waals surface area (Å²) in [4.78, 5) is 34.0. The van der Waals surface area contributed by atoms with Crippen LogP contribution in [0.1, 0.15) is 0 Å². The van der Waals surface area contributed by atoms with Gasteiger partial charge in [0.1, 0.15) is 0 Å². The zero-order valence-corrected chi connectivity index (χ0v) is 20.3. The van der Waals surface area contributed by atoms with E-state index in [1.54, 1.807) is 6.07 Å². The topological polar surface area (TPSA) is 57.9 Å². The third-order valence-corrected chi connectivity index (χ3v) is 7.50. The molecule has 0 bridgehead atoms. The van der Waals surface area contributed by atoms with Crippen molar-refractivity contribution in [2.24, 2.45) is 4.99 Å². The lowest BCUT2D eigenvalue weighted by Gasteiger charge is -2.36. The number of halogens is 1. The minimum absolute atomic E-state index is 0.0550. The predicted octanol–water partition coefficient (Wildman–Crippen LogP) is 3.50. The molecule has 2 aromatic carbocycles. The molecule has 170 valence electrons. The van der Waals surface area contributed by atoms with Crippen molar-refractivity contribution >= 4 is 62.4 Å². The predicted molar refractivity (Wildman–Crippen MR) is 137 cm³/mol. The summed E-state index contributed by atoms with van der Waals surface area (Å²) in [6.07, 6.45) is 5.50. The Bertz CT molecular complexity index is 1250. The van der Waals surface area contributed by atoms with E-state index in [0.29, 0.717) is 29.5 Å². The maximum Gasteiger partial charge on any atom is 0.258 e. The van der Waals surface area contributed by atoms with E-state index in [2.05, 4.69) is 27.9 Å². The summed E-state index contributed by atoms with van der Waals surface area (Å²) in [6.45, 7) is 3.29. The van der Waals surface area contributed by atoms with Crippen LogP contribution in [0.25, 0.3) is 10.2 Å². The highest BCUT2D eigenvalue weighted by Gasteiger charge is 2.21. The molecule has 4 rings (SSSR count). The van der Waals surface area contributed by atoms with Gasteiger partial charge in [-0.05, 0) is 30.3 Å². The van der Waals surface area contributed by atoms with Gasteiger partial charge in [0, 0.05) is 36.9 Å². The fraction of sp³-hybridized carbons (Fsp3) is 0.292. The number of aromatic nitrogens is 1. The van der Waals surface area contributed by atoms with Gasteiger partial charge in [0.15, 0.2) is 4.80 Å². The number of thioether (sulfide) groups is 1. The number of para-hydroxylation sites is 1. The lowest BCUT2D eigenvalue weighted by molar-refractivity contribution is -0.128. The minimum atomic E-state index is -0.287. The van der Waals surface area contributed by atoms with Crippen LogP contribution in [0.2, 0.25) is 5.02 Å². The Hall–Kier alpha value is -2.73. The molecule has 33 heavy (non-hydrogen) atoms. The Morgan fingerprint density at radius 3 is 2.58 bits per heavy atom. The van der Waals surface area contributed by atoms with Crippen LogP contribution in [0.3, 0.4) is 0 Å². The Labute approximate surface area is 205 Å². The number of nitrogens with zero attached hydrogens (tertiary/aromatic N) is 4. The van der Waals surface area contributed by atoms with E-state index in [4.69, 9.17) is 18.0 Å². The van der Waals surface area contributed by atoms with E-state index in [1.807, 2.05) is 39.8 Å². The van der Waals surface area contributed by atoms with Crippen LogP contribution in [-0.4, -0.2) is 59.0 Å². The normalized spacial score (nSPS) is 14.5. The molecule has 0 spiro atoms. The van der Waals surface area contributed by atoms with Crippen molar-refractivity contribution in [2.75, 3.05) is 42.6 Å². The van der Waals surface area contributed by atoms with Gasteiger partial charge in [-0.3, -0.25) is 9.59 Å². The van der Waals surface area contributed by atoms with Crippen LogP contribution in [-0.2, 0) is 16.1 Å². The summed E-state index contributed by atoms with van der Waals surface area (Å²) in [7, 11) is 0. The first kappa shape index (κ1) is 23.4. The summed E-state index contributed by atoms with van der Waals surface area (Å²) < 4.78 is 2.75. The average molecular weight is 499 g/mol. The number of hydrogen-bond donors (Lipinski definition) is 0. The van der Waals surface area contributed by atoms with Gasteiger partial charge in [0.25, 0.3) is 5.91 Å². The van der Waals surface area contributed by atoms with Crippen molar-refractivity contribution in [3.63, 3.8) is 0 Å². The second-order valence-corrected chi connectivity index (χ2v) is 9.92. The van der Waals surface area contributed by atoms with Crippen molar-refractivity contribution in [2.45, 2.75) is 6.54 Å². The Kier molecular flexibility index (Phi) is 7.76. The van der Waals surface area contributed by atoms with Crippen LogP contribution in [0.15, 0.2) is 53.5 Å². The van der Waals surface area contributed by atoms with Crippen molar-refractivity contribution in [3.8, 4) is 12.3 Å². The van der Waals surface area contributed by atoms with Gasteiger partial charge in [-0.1, -0.05) is 47.1 Å². The largest absolute Gasteiger partial charge is 0.368 e. The highest BCUT2D eigenvalue weighted by atomic mass is 35.5. The molecule has 6 nitrogen and oxygen atoms in total. The molecule has 1 aliphatic rings. The quantitative estimate of drug-likeness (QED) is 0.488. The van der Waals surface area contributed by atoms with E-state index in [1.165, 1.54) is 28.8 Å². The van der Waals surface area contributed by atoms with Crippen LogP contribution < -0.4 is 9.70 Å². The highest BCUT2D eigenvalue weighted by molar-refractivity contribution is 8.00. The van der Waals surface area contributed by atoms with Gasteiger partial charge < -0.3 is 14.4 Å². The molecule has 2 amide bonds. The number of hydrogen-bond acceptors (Lipinski definition) is 5. The SMILES string of the molecule is C#CCn1c(=NC(=O)CSCC(=O)N2CCN(c3ccccc3)CC2)sc2cc(Cl)ccc21. The van der Waals surface area contributed by atoms with Crippen molar-refractivity contribution < 1.29 is 9.59 Å². The molecule has 3 aromatic rings. The summed E-state index contributed by atoms with van der Waals surface area (Å²) in [5, 5.41) is 0.619. The van der Waals surface area contributed by atoms with Gasteiger partial charge in [0.2, 0.25) is 5.91 Å². The van der Waals surface area contributed by atoms with Gasteiger partial charge >= 0.3 is 0 Å². The first-order valence-electron chi connectivity index (χ1n) is 10.5. The molecule has 1 fully saturated rings. The Morgan fingerprint density at radius 2 is 1.85 bits per heavy atom. The number of carbonyl (C=O) groups excluding carboxylic acids is 2. The molecular weight excluding hydrogens is 476 g/mol. The zero-order valence-electron chi connectivity index (χ0n) is 17.9. The average Bonchev–Trinajstić information content (AvgIpc) is 3.15. The van der Waals surface area contributed by atoms with E-state index in [0.717, 1.165) is 23.3 Å². The number of carbonyl (C=O) groups is 2. The van der Waals surface area contributed by atoms with E-state index in [-0.39, 0.29) is 23.3 Å². The number of benzene rings is 2. The number of piperazine rings is 1. The van der Waals surface area contributed by atoms with Crippen molar-refractivity contribution in [3.05, 3.63) is 58.4 Å². The smallest absolute Gasteiger partial charge is 0.258 e. The summed E-state index contributed by atoms with van der Waals surface area (Å²) in [5.74, 6) is 2.78. The number of anilines is 1. The molecule has 2 heterocycles. The Morgan fingerprint density at radius 1 is 1.09 bits per heavy atom. The fourth-order valence-corrected chi connectivity index (χ4v) is 5.71. The lowest BCUT2D eigenvalue weighted by atomic mass is 10.2. The molecule has 9 heteroatoms. The number of amides is 2. The zero-order chi connectivity index (χ0) is 23.2. The van der Waals surface area contributed by atoms with Gasteiger partial charge in [-0.2, -0.15) is 4.99 Å². The van der Waals surface area contributed by atoms with Gasteiger partial charge in [-0.15, -0.1) is 18.2 Å². The molecule has 1 aromatic heterocycles. The standard InChI is InChI=1S/C24H23ClN4O2S2/c1-2-10-29-20-9-8-18(25)15-21(20)33-24(29)26-22(30)16-32-17-23(31)28-13-11-27(12-14-28)19-6-4-3-5-7-19/h1,3-9,15H,10-14,16-17H2. The molecule has 0 radical (unpaired) electrons. The first-order chi connectivity index (χ1) is 16.0. The summed E-state index contributed by atoms with van der Waals surface area (Å²) >= 11 is 8.75. The maximum absolute atomic E-state index is 12.6. The highest BCUT2D eigenvalue weighted by Crippen LogP contribution is 2.22. The number of thiazole rings is 1. The molecule has 0 unspecified atom stereocenters. The molecule has 1 saturated heterocycles. The second kappa shape index (κ2) is 10.9. The second-order valence-electron chi connectivity index (χ2n) is 7.49. The van der Waals surface area contributed by atoms with E-state index in [9.17, 15) is 9.59 Å². The van der Waals surface area contributed by atoms with Gasteiger partial charge in [-0.25, -0.2) is 0 Å². The fourth-order valence-electron chi connectivity index (χ4n) is 3.69. The number of rotatable bonds is 6. The number of terminal acetylenes is 1. The summed E-state index contributed by atoms with van der Waals surface area (Å²) in [5.41, 5.74) is 2.07. The first-order valence-corrected chi connectivity index (χ1v) is 12.9. The molecule has 0 aliphatic carbocycles. The monoisotopic (exact) mass is 498 g/mol. The molecule has 0 N–H and O–H groups in total. The number of fused-ring (bicyclic) bond motifs is 1. The van der Waals surface area contributed by atoms with Crippen LogP contribution in [0, 0.1) is 12.3 Å². The molecule has 0 saturated carbocycles. The van der Waals surface area contributed by atoms with Crippen LogP contribution >= 0.6 is 34.7 Å².